The molecule has 38 heavy (non-hydrogen) atoms. The third-order valence-corrected chi connectivity index (χ3v) is 5.89. The predicted octanol–water partition coefficient (Wildman–Crippen LogP) is 5.84. The summed E-state index contributed by atoms with van der Waals surface area (Å²) in [6, 6.07) is 0. The molecule has 230 valence electrons. The van der Waals surface area contributed by atoms with E-state index in [-0.39, 0.29) is 0 Å². The zero-order chi connectivity index (χ0) is 27.5. The van der Waals surface area contributed by atoms with E-state index in [0.29, 0.717) is 92.5 Å². The lowest BCUT2D eigenvalue weighted by Gasteiger charge is -2.09. The van der Waals surface area contributed by atoms with E-state index < -0.39 is 0 Å². The van der Waals surface area contributed by atoms with Gasteiger partial charge in [0.25, 0.3) is 0 Å². The highest BCUT2D eigenvalue weighted by atomic mass is 16.6. The summed E-state index contributed by atoms with van der Waals surface area (Å²) in [4.78, 5) is 0. The molecule has 0 bridgehead atoms. The molecule has 0 fully saturated rings. The van der Waals surface area contributed by atoms with E-state index in [0.717, 1.165) is 26.1 Å². The third kappa shape index (κ3) is 35.7. The molecule has 0 amide bonds. The Morgan fingerprint density at radius 3 is 0.632 bits per heavy atom. The van der Waals surface area contributed by atoms with Crippen molar-refractivity contribution < 1.29 is 37.9 Å². The second kappa shape index (κ2) is 36.7. The highest BCUT2D eigenvalue weighted by Crippen LogP contribution is 2.05. The molecule has 0 aromatic rings. The Balaban J connectivity index is 3.01. The van der Waals surface area contributed by atoms with Gasteiger partial charge < -0.3 is 37.9 Å². The van der Waals surface area contributed by atoms with Crippen molar-refractivity contribution >= 4 is 0 Å². The summed E-state index contributed by atoms with van der Waals surface area (Å²) in [6.45, 7) is 14.4. The van der Waals surface area contributed by atoms with Crippen LogP contribution in [-0.4, -0.2) is 106 Å². The second-order valence-electron chi connectivity index (χ2n) is 9.43. The second-order valence-corrected chi connectivity index (χ2v) is 9.43. The lowest BCUT2D eigenvalue weighted by atomic mass is 10.1. The Kier molecular flexibility index (Phi) is 36.4. The van der Waals surface area contributed by atoms with Crippen LogP contribution < -0.4 is 0 Å². The van der Waals surface area contributed by atoms with Crippen LogP contribution in [-0.2, 0) is 37.9 Å². The van der Waals surface area contributed by atoms with Crippen molar-refractivity contribution in [1.29, 1.82) is 0 Å². The molecule has 0 saturated heterocycles. The lowest BCUT2D eigenvalue weighted by Crippen LogP contribution is -2.15. The van der Waals surface area contributed by atoms with E-state index >= 15 is 0 Å². The molecular formula is C30H62O8. The highest BCUT2D eigenvalue weighted by molar-refractivity contribution is 4.45. The maximum atomic E-state index is 5.58. The van der Waals surface area contributed by atoms with E-state index in [1.807, 2.05) is 0 Å². The molecule has 0 aliphatic heterocycles. The standard InChI is InChI=1S/C30H62O8/c1-3-5-7-9-11-13-15-31-17-19-33-21-23-35-25-27-37-29-30-38-28-26-36-24-22-34-20-18-32-16-14-12-10-8-6-4-2/h3-30H2,1-2H3. The summed E-state index contributed by atoms with van der Waals surface area (Å²) in [7, 11) is 0. The molecule has 0 radical (unpaired) electrons. The third-order valence-electron chi connectivity index (χ3n) is 5.89. The van der Waals surface area contributed by atoms with Gasteiger partial charge in [-0.25, -0.2) is 0 Å². The van der Waals surface area contributed by atoms with Gasteiger partial charge in [0, 0.05) is 13.2 Å². The summed E-state index contributed by atoms with van der Waals surface area (Å²) >= 11 is 0. The fraction of sp³-hybridized carbons (Fsp3) is 1.00. The molecule has 0 aliphatic carbocycles. The number of ether oxygens (including phenoxy) is 8. The highest BCUT2D eigenvalue weighted by Gasteiger charge is 1.96. The lowest BCUT2D eigenvalue weighted by molar-refractivity contribution is -0.0232. The Morgan fingerprint density at radius 2 is 0.395 bits per heavy atom. The first-order chi connectivity index (χ1) is 18.9. The monoisotopic (exact) mass is 550 g/mol. The average molecular weight is 551 g/mol. The maximum absolute atomic E-state index is 5.58. The number of hydrogen-bond acceptors (Lipinski definition) is 8. The molecule has 0 spiro atoms. The van der Waals surface area contributed by atoms with Crippen molar-refractivity contribution in [1.82, 2.24) is 0 Å². The van der Waals surface area contributed by atoms with Crippen molar-refractivity contribution in [2.45, 2.75) is 90.9 Å². The van der Waals surface area contributed by atoms with E-state index in [1.54, 1.807) is 0 Å². The van der Waals surface area contributed by atoms with Crippen LogP contribution in [0.1, 0.15) is 90.9 Å². The molecule has 0 N–H and O–H groups in total. The Hall–Kier alpha value is -0.320. The number of hydrogen-bond donors (Lipinski definition) is 0. The largest absolute Gasteiger partial charge is 0.379 e. The van der Waals surface area contributed by atoms with Gasteiger partial charge in [-0.05, 0) is 12.8 Å². The predicted molar refractivity (Wildman–Crippen MR) is 153 cm³/mol. The first-order valence-corrected chi connectivity index (χ1v) is 15.5. The molecule has 0 rings (SSSR count). The molecule has 0 saturated carbocycles. The molecule has 0 aliphatic rings. The van der Waals surface area contributed by atoms with Gasteiger partial charge >= 0.3 is 0 Å². The van der Waals surface area contributed by atoms with E-state index in [2.05, 4.69) is 13.8 Å². The van der Waals surface area contributed by atoms with Crippen LogP contribution in [0.2, 0.25) is 0 Å². The zero-order valence-corrected chi connectivity index (χ0v) is 25.1. The van der Waals surface area contributed by atoms with Gasteiger partial charge in [0.05, 0.1) is 92.5 Å². The number of rotatable bonds is 35. The molecule has 0 atom stereocenters. The molecule has 8 heteroatoms. The summed E-state index contributed by atoms with van der Waals surface area (Å²) in [5.74, 6) is 0. The molecule has 0 aromatic carbocycles. The van der Waals surface area contributed by atoms with Crippen LogP contribution in [0.15, 0.2) is 0 Å². The van der Waals surface area contributed by atoms with Gasteiger partial charge in [0.2, 0.25) is 0 Å². The minimum Gasteiger partial charge on any atom is -0.379 e. The summed E-state index contributed by atoms with van der Waals surface area (Å²) in [5.41, 5.74) is 0. The molecule has 0 unspecified atom stereocenters. The Bertz CT molecular complexity index is 364. The minimum atomic E-state index is 0.553. The van der Waals surface area contributed by atoms with Crippen molar-refractivity contribution in [3.8, 4) is 0 Å². The van der Waals surface area contributed by atoms with Gasteiger partial charge in [-0.15, -0.1) is 0 Å². The Labute approximate surface area is 234 Å². The number of unbranched alkanes of at least 4 members (excludes halogenated alkanes) is 10. The summed E-state index contributed by atoms with van der Waals surface area (Å²) in [6.07, 6.45) is 15.5. The van der Waals surface area contributed by atoms with Gasteiger partial charge in [-0.2, -0.15) is 0 Å². The van der Waals surface area contributed by atoms with Crippen molar-refractivity contribution in [3.63, 3.8) is 0 Å². The van der Waals surface area contributed by atoms with Crippen LogP contribution in [0.4, 0.5) is 0 Å². The quantitative estimate of drug-likeness (QED) is 0.0912. The fourth-order valence-electron chi connectivity index (χ4n) is 3.61. The molecular weight excluding hydrogens is 488 g/mol. The van der Waals surface area contributed by atoms with Gasteiger partial charge in [0.15, 0.2) is 0 Å². The van der Waals surface area contributed by atoms with Gasteiger partial charge in [-0.3, -0.25) is 0 Å². The smallest absolute Gasteiger partial charge is 0.0701 e. The maximum Gasteiger partial charge on any atom is 0.0701 e. The SMILES string of the molecule is CCCCCCCCOCCOCCOCCOCCOCCOCCOCCOCCCCCCCC. The van der Waals surface area contributed by atoms with E-state index in [1.165, 1.54) is 64.2 Å². The average Bonchev–Trinajstić information content (AvgIpc) is 2.93. The van der Waals surface area contributed by atoms with E-state index in [9.17, 15) is 0 Å². The molecule has 0 aromatic heterocycles. The van der Waals surface area contributed by atoms with Crippen LogP contribution in [0, 0.1) is 0 Å². The van der Waals surface area contributed by atoms with Crippen molar-refractivity contribution in [3.05, 3.63) is 0 Å². The zero-order valence-electron chi connectivity index (χ0n) is 25.1. The van der Waals surface area contributed by atoms with Gasteiger partial charge in [0.1, 0.15) is 0 Å². The van der Waals surface area contributed by atoms with Crippen molar-refractivity contribution in [2.24, 2.45) is 0 Å². The topological polar surface area (TPSA) is 73.8 Å². The van der Waals surface area contributed by atoms with Crippen molar-refractivity contribution in [2.75, 3.05) is 106 Å². The first-order valence-electron chi connectivity index (χ1n) is 15.5. The normalized spacial score (nSPS) is 11.5. The summed E-state index contributed by atoms with van der Waals surface area (Å²) in [5, 5.41) is 0. The molecule has 0 heterocycles. The minimum absolute atomic E-state index is 0.553. The van der Waals surface area contributed by atoms with E-state index in [4.69, 9.17) is 37.9 Å². The van der Waals surface area contributed by atoms with Crippen LogP contribution in [0.3, 0.4) is 0 Å². The van der Waals surface area contributed by atoms with Gasteiger partial charge in [-0.1, -0.05) is 78.1 Å². The first kappa shape index (κ1) is 37.7. The van der Waals surface area contributed by atoms with Crippen LogP contribution >= 0.6 is 0 Å². The summed E-state index contributed by atoms with van der Waals surface area (Å²) < 4.78 is 44.2. The molecule has 8 nitrogen and oxygen atoms in total. The fourth-order valence-corrected chi connectivity index (χ4v) is 3.61. The van der Waals surface area contributed by atoms with Crippen LogP contribution in [0.25, 0.3) is 0 Å². The van der Waals surface area contributed by atoms with Crippen LogP contribution in [0.5, 0.6) is 0 Å². The Morgan fingerprint density at radius 1 is 0.211 bits per heavy atom.